The largest absolute Gasteiger partial charge is 0.317 e. The Labute approximate surface area is 163 Å². The second-order valence-corrected chi connectivity index (χ2v) is 6.54. The highest BCUT2D eigenvalue weighted by atomic mass is 19.1. The fourth-order valence-electron chi connectivity index (χ4n) is 3.87. The van der Waals surface area contributed by atoms with Crippen molar-refractivity contribution in [3.8, 4) is 6.07 Å². The van der Waals surface area contributed by atoms with Crippen LogP contribution in [0.3, 0.4) is 0 Å². The third kappa shape index (κ3) is 2.87. The van der Waals surface area contributed by atoms with Gasteiger partial charge in [-0.3, -0.25) is 0 Å². The molecule has 0 aliphatic carbocycles. The van der Waals surface area contributed by atoms with E-state index in [0.717, 1.165) is 16.7 Å². The van der Waals surface area contributed by atoms with E-state index in [1.165, 1.54) is 0 Å². The summed E-state index contributed by atoms with van der Waals surface area (Å²) in [6.45, 7) is 0. The summed E-state index contributed by atoms with van der Waals surface area (Å²) in [7, 11) is 0. The highest BCUT2D eigenvalue weighted by Crippen LogP contribution is 2.45. The molecule has 1 N–H and O–H groups in total. The smallest absolute Gasteiger partial charge is 0.287 e. The molecule has 0 fully saturated rings. The molecule has 4 rings (SSSR count). The fraction of sp³-hybridized carbons (Fsp3) is 0.0833. The Balaban J connectivity index is 2.16. The van der Waals surface area contributed by atoms with Crippen molar-refractivity contribution in [1.29, 1.82) is 5.26 Å². The normalized spacial score (nSPS) is 11.1. The summed E-state index contributed by atoms with van der Waals surface area (Å²) in [5.74, 6) is 0. The van der Waals surface area contributed by atoms with Crippen molar-refractivity contribution in [3.63, 3.8) is 0 Å². The minimum absolute atomic E-state index is 0.0422. The van der Waals surface area contributed by atoms with Gasteiger partial charge < -0.3 is 4.98 Å². The van der Waals surface area contributed by atoms with Gasteiger partial charge in [-0.1, -0.05) is 91.0 Å². The minimum Gasteiger partial charge on any atom is -0.317 e. The molecule has 0 saturated heterocycles. The molecule has 1 heterocycles. The third-order valence-electron chi connectivity index (χ3n) is 4.98. The number of nitrogens with zero attached hydrogens (tertiary/aromatic N) is 2. The first-order chi connectivity index (χ1) is 13.8. The first-order valence-corrected chi connectivity index (χ1v) is 9.05. The van der Waals surface area contributed by atoms with E-state index in [1.54, 1.807) is 0 Å². The lowest BCUT2D eigenvalue weighted by molar-refractivity contribution is 0.544. The van der Waals surface area contributed by atoms with Gasteiger partial charge in [0, 0.05) is 0 Å². The predicted molar refractivity (Wildman–Crippen MR) is 106 cm³/mol. The van der Waals surface area contributed by atoms with E-state index < -0.39 is 11.5 Å². The second kappa shape index (κ2) is 7.50. The van der Waals surface area contributed by atoms with Crippen molar-refractivity contribution in [2.45, 2.75) is 11.8 Å². The number of H-pyrrole nitrogens is 1. The molecule has 0 atom stereocenters. The molecule has 0 bridgehead atoms. The van der Waals surface area contributed by atoms with Gasteiger partial charge in [-0.2, -0.15) is 9.65 Å². The molecule has 4 aromatic rings. The molecule has 3 aromatic carbocycles. The molecular formula is C24H18FN3. The molecule has 0 amide bonds. The van der Waals surface area contributed by atoms with E-state index in [2.05, 4.69) is 16.0 Å². The zero-order valence-corrected chi connectivity index (χ0v) is 15.1. The van der Waals surface area contributed by atoms with Crippen molar-refractivity contribution < 1.29 is 4.39 Å². The molecule has 28 heavy (non-hydrogen) atoms. The Morgan fingerprint density at radius 3 is 1.61 bits per heavy atom. The molecule has 0 saturated carbocycles. The van der Waals surface area contributed by atoms with Gasteiger partial charge in [0.05, 0.1) is 29.3 Å². The summed E-state index contributed by atoms with van der Waals surface area (Å²) in [5, 5.41) is 9.31. The molecule has 0 aliphatic rings. The van der Waals surface area contributed by atoms with Crippen LogP contribution >= 0.6 is 0 Å². The molecule has 136 valence electrons. The molecule has 1 aromatic heterocycles. The van der Waals surface area contributed by atoms with Crippen molar-refractivity contribution in [1.82, 2.24) is 9.97 Å². The van der Waals surface area contributed by atoms with Gasteiger partial charge in [0.25, 0.3) is 6.08 Å². The van der Waals surface area contributed by atoms with Crippen LogP contribution < -0.4 is 0 Å². The average Bonchev–Trinajstić information content (AvgIpc) is 3.12. The standard InChI is InChI=1S/C24H18FN3/c25-23-27-21(16-17-26)22(28-23)24(18-10-4-1-5-11-18,19-12-6-2-7-13-19)20-14-8-3-9-15-20/h1-15H,16H2,(H,27,28). The average molecular weight is 367 g/mol. The molecular weight excluding hydrogens is 349 g/mol. The summed E-state index contributed by atoms with van der Waals surface area (Å²) in [5.41, 5.74) is 3.01. The maximum Gasteiger partial charge on any atom is 0.287 e. The quantitative estimate of drug-likeness (QED) is 0.505. The highest BCUT2D eigenvalue weighted by Gasteiger charge is 2.42. The zero-order valence-electron chi connectivity index (χ0n) is 15.1. The van der Waals surface area contributed by atoms with Crippen LogP contribution in [-0.4, -0.2) is 9.97 Å². The highest BCUT2D eigenvalue weighted by molar-refractivity contribution is 5.59. The molecule has 3 nitrogen and oxygen atoms in total. The Morgan fingerprint density at radius 2 is 1.21 bits per heavy atom. The summed E-state index contributed by atoms with van der Waals surface area (Å²) in [6, 6.07) is 31.8. The van der Waals surface area contributed by atoms with Crippen LogP contribution in [0.15, 0.2) is 91.0 Å². The van der Waals surface area contributed by atoms with E-state index in [-0.39, 0.29) is 6.42 Å². The van der Waals surface area contributed by atoms with Crippen LogP contribution in [0.5, 0.6) is 0 Å². The number of nitrogens with one attached hydrogen (secondary N) is 1. The second-order valence-electron chi connectivity index (χ2n) is 6.54. The van der Waals surface area contributed by atoms with Crippen LogP contribution in [0.25, 0.3) is 0 Å². The lowest BCUT2D eigenvalue weighted by Gasteiger charge is -2.35. The van der Waals surface area contributed by atoms with Crippen molar-refractivity contribution in [3.05, 3.63) is 125 Å². The van der Waals surface area contributed by atoms with Crippen LogP contribution in [-0.2, 0) is 11.8 Å². The van der Waals surface area contributed by atoms with E-state index >= 15 is 0 Å². The van der Waals surface area contributed by atoms with Crippen molar-refractivity contribution in [2.24, 2.45) is 0 Å². The van der Waals surface area contributed by atoms with Gasteiger partial charge in [-0.05, 0) is 16.7 Å². The molecule has 4 heteroatoms. The molecule has 0 unspecified atom stereocenters. The van der Waals surface area contributed by atoms with Gasteiger partial charge in [0.15, 0.2) is 0 Å². The van der Waals surface area contributed by atoms with Gasteiger partial charge >= 0.3 is 0 Å². The van der Waals surface area contributed by atoms with Gasteiger partial charge in [-0.25, -0.2) is 4.98 Å². The molecule has 0 radical (unpaired) electrons. The Morgan fingerprint density at radius 1 is 0.786 bits per heavy atom. The number of rotatable bonds is 5. The monoisotopic (exact) mass is 367 g/mol. The number of aromatic amines is 1. The van der Waals surface area contributed by atoms with Gasteiger partial charge in [0.2, 0.25) is 0 Å². The molecule has 0 spiro atoms. The first kappa shape index (κ1) is 17.7. The predicted octanol–water partition coefficient (Wildman–Crippen LogP) is 5.00. The number of aromatic nitrogens is 2. The van der Waals surface area contributed by atoms with Crippen LogP contribution in [0.2, 0.25) is 0 Å². The van der Waals surface area contributed by atoms with Gasteiger partial charge in [-0.15, -0.1) is 0 Å². The van der Waals surface area contributed by atoms with Gasteiger partial charge in [0.1, 0.15) is 0 Å². The van der Waals surface area contributed by atoms with Crippen LogP contribution in [0.1, 0.15) is 28.1 Å². The fourth-order valence-corrected chi connectivity index (χ4v) is 3.87. The number of hydrogen-bond donors (Lipinski definition) is 1. The lowest BCUT2D eigenvalue weighted by atomic mass is 9.66. The summed E-state index contributed by atoms with van der Waals surface area (Å²) < 4.78 is 14.3. The Hall–Kier alpha value is -3.71. The van der Waals surface area contributed by atoms with E-state index in [4.69, 9.17) is 0 Å². The maximum absolute atomic E-state index is 14.3. The van der Waals surface area contributed by atoms with Crippen molar-refractivity contribution >= 4 is 0 Å². The maximum atomic E-state index is 14.3. The van der Waals surface area contributed by atoms with E-state index in [9.17, 15) is 9.65 Å². The topological polar surface area (TPSA) is 52.5 Å². The number of hydrogen-bond acceptors (Lipinski definition) is 2. The number of halogens is 1. The van der Waals surface area contributed by atoms with E-state index in [0.29, 0.717) is 11.4 Å². The minimum atomic E-state index is -0.850. The SMILES string of the molecule is N#CCc1[nH]c(F)nc1C(c1ccccc1)(c1ccccc1)c1ccccc1. The van der Waals surface area contributed by atoms with E-state index in [1.807, 2.05) is 91.0 Å². The summed E-state index contributed by atoms with van der Waals surface area (Å²) in [4.78, 5) is 6.92. The lowest BCUT2D eigenvalue weighted by Crippen LogP contribution is -2.32. The number of benzene rings is 3. The summed E-state index contributed by atoms with van der Waals surface area (Å²) in [6.07, 6.45) is -0.645. The summed E-state index contributed by atoms with van der Waals surface area (Å²) >= 11 is 0. The molecule has 0 aliphatic heterocycles. The Kier molecular flexibility index (Phi) is 4.74. The Bertz CT molecular complexity index is 1000. The van der Waals surface area contributed by atoms with Crippen LogP contribution in [0.4, 0.5) is 4.39 Å². The first-order valence-electron chi connectivity index (χ1n) is 9.05. The zero-order chi connectivity index (χ0) is 19.4. The third-order valence-corrected chi connectivity index (χ3v) is 4.98. The van der Waals surface area contributed by atoms with Crippen LogP contribution in [0, 0.1) is 17.4 Å². The number of nitriles is 1. The number of imidazole rings is 1. The van der Waals surface area contributed by atoms with Crippen molar-refractivity contribution in [2.75, 3.05) is 0 Å².